The van der Waals surface area contributed by atoms with Crippen molar-refractivity contribution in [3.63, 3.8) is 0 Å². The standard InChI is InChI=1S/C12H9ClNO/c13-12-7-3-5-10-9-4-1-2-6-11(9)15-8-14(10)12/h1-7H,8H2/q+1. The van der Waals surface area contributed by atoms with Crippen LogP contribution in [0.1, 0.15) is 0 Å². The summed E-state index contributed by atoms with van der Waals surface area (Å²) < 4.78 is 7.56. The number of rotatable bonds is 0. The summed E-state index contributed by atoms with van der Waals surface area (Å²) >= 11 is 6.09. The Bertz CT molecular complexity index is 525. The third-order valence-corrected chi connectivity index (χ3v) is 2.88. The van der Waals surface area contributed by atoms with E-state index in [0.717, 1.165) is 17.0 Å². The Hall–Kier alpha value is -1.54. The summed E-state index contributed by atoms with van der Waals surface area (Å²) in [7, 11) is 0. The minimum Gasteiger partial charge on any atom is -0.435 e. The first-order valence-electron chi connectivity index (χ1n) is 4.77. The van der Waals surface area contributed by atoms with Gasteiger partial charge in [0, 0.05) is 12.1 Å². The summed E-state index contributed by atoms with van der Waals surface area (Å²) in [5.74, 6) is 0.916. The number of pyridine rings is 1. The van der Waals surface area contributed by atoms with Crippen molar-refractivity contribution in [1.29, 1.82) is 0 Å². The first-order chi connectivity index (χ1) is 7.36. The molecule has 0 unspecified atom stereocenters. The van der Waals surface area contributed by atoms with Crippen molar-refractivity contribution in [2.45, 2.75) is 6.73 Å². The van der Waals surface area contributed by atoms with Crippen LogP contribution in [0.15, 0.2) is 42.5 Å². The summed E-state index contributed by atoms with van der Waals surface area (Å²) in [5, 5.41) is 0.696. The van der Waals surface area contributed by atoms with E-state index in [-0.39, 0.29) is 0 Å². The zero-order valence-corrected chi connectivity index (χ0v) is 8.74. The lowest BCUT2D eigenvalue weighted by Gasteiger charge is -2.15. The molecule has 0 bridgehead atoms. The first kappa shape index (κ1) is 8.74. The number of fused-ring (bicyclic) bond motifs is 3. The topological polar surface area (TPSA) is 13.1 Å². The quantitative estimate of drug-likeness (QED) is 0.490. The fourth-order valence-electron chi connectivity index (χ4n) is 1.82. The van der Waals surface area contributed by atoms with Gasteiger partial charge >= 0.3 is 0 Å². The van der Waals surface area contributed by atoms with Gasteiger partial charge in [0.2, 0.25) is 5.69 Å². The average molecular weight is 219 g/mol. The van der Waals surface area contributed by atoms with E-state index < -0.39 is 0 Å². The number of aromatic nitrogens is 1. The molecule has 2 aromatic rings. The van der Waals surface area contributed by atoms with Gasteiger partial charge in [0.05, 0.1) is 5.56 Å². The van der Waals surface area contributed by atoms with Gasteiger partial charge in [0.15, 0.2) is 0 Å². The van der Waals surface area contributed by atoms with Crippen LogP contribution in [-0.2, 0) is 6.73 Å². The molecule has 15 heavy (non-hydrogen) atoms. The molecule has 0 radical (unpaired) electrons. The Morgan fingerprint density at radius 2 is 1.93 bits per heavy atom. The van der Waals surface area contributed by atoms with E-state index in [2.05, 4.69) is 0 Å². The average Bonchev–Trinajstić information content (AvgIpc) is 2.29. The van der Waals surface area contributed by atoms with Crippen molar-refractivity contribution in [3.8, 4) is 17.0 Å². The molecular weight excluding hydrogens is 210 g/mol. The van der Waals surface area contributed by atoms with Gasteiger partial charge in [-0.3, -0.25) is 0 Å². The predicted octanol–water partition coefficient (Wildman–Crippen LogP) is 2.64. The summed E-state index contributed by atoms with van der Waals surface area (Å²) in [6.07, 6.45) is 0. The molecular formula is C12H9ClNO+. The Balaban J connectivity index is 2.30. The van der Waals surface area contributed by atoms with E-state index >= 15 is 0 Å². The maximum absolute atomic E-state index is 6.09. The molecule has 3 rings (SSSR count). The van der Waals surface area contributed by atoms with Crippen LogP contribution in [0.4, 0.5) is 0 Å². The van der Waals surface area contributed by atoms with Crippen molar-refractivity contribution in [2.75, 3.05) is 0 Å². The molecule has 0 saturated carbocycles. The summed E-state index contributed by atoms with van der Waals surface area (Å²) in [5.41, 5.74) is 2.19. The van der Waals surface area contributed by atoms with E-state index in [1.807, 2.05) is 47.0 Å². The third-order valence-electron chi connectivity index (χ3n) is 2.55. The molecule has 0 fully saturated rings. The molecule has 0 saturated heterocycles. The maximum Gasteiger partial charge on any atom is 0.294 e. The number of benzene rings is 1. The smallest absolute Gasteiger partial charge is 0.294 e. The second-order valence-electron chi connectivity index (χ2n) is 3.43. The molecule has 1 aromatic heterocycles. The van der Waals surface area contributed by atoms with Gasteiger partial charge in [-0.1, -0.05) is 12.1 Å². The molecule has 2 heterocycles. The Kier molecular flexibility index (Phi) is 1.89. The van der Waals surface area contributed by atoms with Crippen LogP contribution in [-0.4, -0.2) is 0 Å². The van der Waals surface area contributed by atoms with Crippen molar-refractivity contribution in [3.05, 3.63) is 47.6 Å². The zero-order chi connectivity index (χ0) is 10.3. The number of ether oxygens (including phenoxy) is 1. The predicted molar refractivity (Wildman–Crippen MR) is 57.7 cm³/mol. The van der Waals surface area contributed by atoms with Crippen molar-refractivity contribution in [2.24, 2.45) is 0 Å². The fraction of sp³-hybridized carbons (Fsp3) is 0.0833. The van der Waals surface area contributed by atoms with Gasteiger partial charge in [-0.15, -0.1) is 4.57 Å². The van der Waals surface area contributed by atoms with Gasteiger partial charge < -0.3 is 4.74 Å². The Morgan fingerprint density at radius 3 is 2.87 bits per heavy atom. The molecule has 2 nitrogen and oxygen atoms in total. The van der Waals surface area contributed by atoms with Gasteiger partial charge in [-0.2, -0.15) is 0 Å². The van der Waals surface area contributed by atoms with E-state index in [9.17, 15) is 0 Å². The summed E-state index contributed by atoms with van der Waals surface area (Å²) in [6, 6.07) is 13.8. The van der Waals surface area contributed by atoms with Crippen molar-refractivity contribution < 1.29 is 9.30 Å². The second-order valence-corrected chi connectivity index (χ2v) is 3.82. The maximum atomic E-state index is 6.09. The lowest BCUT2D eigenvalue weighted by atomic mass is 10.1. The SMILES string of the molecule is Clc1cccc2[n+]1COc1ccccc1-2. The molecule has 1 aliphatic heterocycles. The number of para-hydroxylation sites is 1. The van der Waals surface area contributed by atoms with E-state index in [4.69, 9.17) is 16.3 Å². The van der Waals surface area contributed by atoms with Crippen LogP contribution in [0.2, 0.25) is 5.15 Å². The highest BCUT2D eigenvalue weighted by Gasteiger charge is 2.25. The highest BCUT2D eigenvalue weighted by atomic mass is 35.5. The van der Waals surface area contributed by atoms with Gasteiger partial charge in [-0.05, 0) is 29.8 Å². The first-order valence-corrected chi connectivity index (χ1v) is 5.14. The highest BCUT2D eigenvalue weighted by Crippen LogP contribution is 2.30. The van der Waals surface area contributed by atoms with Crippen molar-refractivity contribution >= 4 is 11.6 Å². The second kappa shape index (κ2) is 3.24. The monoisotopic (exact) mass is 218 g/mol. The lowest BCUT2D eigenvalue weighted by molar-refractivity contribution is -0.715. The van der Waals surface area contributed by atoms with Crippen LogP contribution in [0.25, 0.3) is 11.3 Å². The molecule has 0 N–H and O–H groups in total. The fourth-order valence-corrected chi connectivity index (χ4v) is 2.03. The summed E-state index contributed by atoms with van der Waals surface area (Å²) in [4.78, 5) is 0. The molecule has 0 amide bonds. The molecule has 74 valence electrons. The number of nitrogens with zero attached hydrogens (tertiary/aromatic N) is 1. The van der Waals surface area contributed by atoms with Gasteiger partial charge in [-0.25, -0.2) is 0 Å². The van der Waals surface area contributed by atoms with Crippen LogP contribution in [0.5, 0.6) is 5.75 Å². The molecule has 0 spiro atoms. The molecule has 1 aromatic carbocycles. The molecule has 1 aliphatic rings. The highest BCUT2D eigenvalue weighted by molar-refractivity contribution is 6.28. The number of hydrogen-bond acceptors (Lipinski definition) is 1. The number of hydrogen-bond donors (Lipinski definition) is 0. The minimum absolute atomic E-state index is 0.478. The lowest BCUT2D eigenvalue weighted by Crippen LogP contribution is -2.42. The Morgan fingerprint density at radius 1 is 1.07 bits per heavy atom. The van der Waals surface area contributed by atoms with Gasteiger partial charge in [0.1, 0.15) is 5.75 Å². The van der Waals surface area contributed by atoms with Gasteiger partial charge in [0.25, 0.3) is 11.9 Å². The van der Waals surface area contributed by atoms with Crippen molar-refractivity contribution in [1.82, 2.24) is 0 Å². The molecule has 3 heteroatoms. The summed E-state index contributed by atoms with van der Waals surface area (Å²) in [6.45, 7) is 0.478. The van der Waals surface area contributed by atoms with Crippen LogP contribution >= 0.6 is 11.6 Å². The van der Waals surface area contributed by atoms with Crippen LogP contribution in [0, 0.1) is 0 Å². The minimum atomic E-state index is 0.478. The third kappa shape index (κ3) is 1.29. The normalized spacial score (nSPS) is 12.6. The van der Waals surface area contributed by atoms with Crippen LogP contribution in [0.3, 0.4) is 0 Å². The Labute approximate surface area is 92.7 Å². The van der Waals surface area contributed by atoms with E-state index in [0.29, 0.717) is 11.9 Å². The van der Waals surface area contributed by atoms with Crippen LogP contribution < -0.4 is 9.30 Å². The molecule has 0 atom stereocenters. The van der Waals surface area contributed by atoms with E-state index in [1.165, 1.54) is 0 Å². The molecule has 0 aliphatic carbocycles. The largest absolute Gasteiger partial charge is 0.435 e. The number of halogens is 1. The van der Waals surface area contributed by atoms with E-state index in [1.54, 1.807) is 0 Å². The zero-order valence-electron chi connectivity index (χ0n) is 7.98.